The van der Waals surface area contributed by atoms with Crippen molar-refractivity contribution >= 4 is 11.8 Å². The average molecular weight is 240 g/mol. The van der Waals surface area contributed by atoms with Gasteiger partial charge in [-0.3, -0.25) is 0 Å². The Hall–Kier alpha value is -0.580. The van der Waals surface area contributed by atoms with Crippen LogP contribution in [0.15, 0.2) is 17.3 Å². The van der Waals surface area contributed by atoms with Crippen LogP contribution in [0.25, 0.3) is 0 Å². The zero-order chi connectivity index (χ0) is 12.0. The van der Waals surface area contributed by atoms with E-state index in [0.717, 1.165) is 18.0 Å². The quantitative estimate of drug-likeness (QED) is 0.746. The smallest absolute Gasteiger partial charge is 0.0991 e. The van der Waals surface area contributed by atoms with E-state index in [9.17, 15) is 0 Å². The van der Waals surface area contributed by atoms with E-state index in [0.29, 0.717) is 5.25 Å². The van der Waals surface area contributed by atoms with Crippen LogP contribution >= 0.6 is 11.8 Å². The summed E-state index contributed by atoms with van der Waals surface area (Å²) < 4.78 is 0. The van der Waals surface area contributed by atoms with Gasteiger partial charge in [0.25, 0.3) is 0 Å². The van der Waals surface area contributed by atoms with Crippen molar-refractivity contribution in [1.82, 2.24) is 10.3 Å². The number of hydrogen-bond acceptors (Lipinski definition) is 4. The Balaban J connectivity index is 2.67. The highest BCUT2D eigenvalue weighted by Crippen LogP contribution is 2.26. The highest BCUT2D eigenvalue weighted by atomic mass is 32.2. The number of nitrogens with zero attached hydrogens (tertiary/aromatic N) is 1. The molecule has 2 N–H and O–H groups in total. The second-order valence-electron chi connectivity index (χ2n) is 3.94. The van der Waals surface area contributed by atoms with E-state index >= 15 is 0 Å². The van der Waals surface area contributed by atoms with Gasteiger partial charge in [0, 0.05) is 24.6 Å². The van der Waals surface area contributed by atoms with Gasteiger partial charge >= 0.3 is 0 Å². The monoisotopic (exact) mass is 240 g/mol. The summed E-state index contributed by atoms with van der Waals surface area (Å²) >= 11 is 1.73. The fraction of sp³-hybridized carbons (Fsp3) is 0.583. The van der Waals surface area contributed by atoms with Gasteiger partial charge < -0.3 is 10.4 Å². The zero-order valence-electron chi connectivity index (χ0n) is 10.2. The van der Waals surface area contributed by atoms with Gasteiger partial charge in [-0.1, -0.05) is 13.0 Å². The molecule has 0 radical (unpaired) electrons. The first-order valence-corrected chi connectivity index (χ1v) is 6.43. The van der Waals surface area contributed by atoms with E-state index in [1.807, 2.05) is 13.2 Å². The van der Waals surface area contributed by atoms with Crippen LogP contribution in [0.4, 0.5) is 0 Å². The Morgan fingerprint density at radius 3 is 2.88 bits per heavy atom. The molecule has 90 valence electrons. The number of hydrogen-bond donors (Lipinski definition) is 2. The molecule has 0 saturated carbocycles. The van der Waals surface area contributed by atoms with E-state index in [1.54, 1.807) is 11.8 Å². The van der Waals surface area contributed by atoms with Gasteiger partial charge in [0.15, 0.2) is 0 Å². The minimum Gasteiger partial charge on any atom is -0.396 e. The van der Waals surface area contributed by atoms with E-state index in [2.05, 4.69) is 30.2 Å². The molecular weight excluding hydrogens is 220 g/mol. The molecule has 0 aliphatic rings. The van der Waals surface area contributed by atoms with Crippen molar-refractivity contribution in [2.75, 3.05) is 13.7 Å². The molecule has 1 rings (SSSR count). The Bertz CT molecular complexity index is 331. The highest BCUT2D eigenvalue weighted by molar-refractivity contribution is 7.99. The van der Waals surface area contributed by atoms with Gasteiger partial charge in [-0.15, -0.1) is 11.8 Å². The summed E-state index contributed by atoms with van der Waals surface area (Å²) in [4.78, 5) is 4.46. The molecule has 0 aromatic carbocycles. The maximum Gasteiger partial charge on any atom is 0.0991 e. The molecule has 0 fully saturated rings. The van der Waals surface area contributed by atoms with E-state index in [1.165, 1.54) is 11.1 Å². The standard InChI is InChI=1S/C12H20N2OS/c1-9-6-11(7-13-3)8-14-12(9)16-10(2)4-5-15/h6,8,10,13,15H,4-5,7H2,1-3H3. The summed E-state index contributed by atoms with van der Waals surface area (Å²) in [7, 11) is 1.93. The number of rotatable bonds is 6. The minimum atomic E-state index is 0.241. The van der Waals surface area contributed by atoms with Gasteiger partial charge in [-0.25, -0.2) is 4.98 Å². The van der Waals surface area contributed by atoms with Crippen LogP contribution in [0, 0.1) is 6.92 Å². The first-order valence-electron chi connectivity index (χ1n) is 5.55. The number of aliphatic hydroxyl groups is 1. The molecule has 1 atom stereocenters. The lowest BCUT2D eigenvalue weighted by Gasteiger charge is -2.11. The second-order valence-corrected chi connectivity index (χ2v) is 5.36. The summed E-state index contributed by atoms with van der Waals surface area (Å²) in [6, 6.07) is 2.16. The number of nitrogens with one attached hydrogen (secondary N) is 1. The second kappa shape index (κ2) is 6.89. The molecule has 0 aliphatic carbocycles. The van der Waals surface area contributed by atoms with Gasteiger partial charge in [0.2, 0.25) is 0 Å². The fourth-order valence-electron chi connectivity index (χ4n) is 1.48. The number of pyridine rings is 1. The molecule has 1 unspecified atom stereocenters. The lowest BCUT2D eigenvalue weighted by molar-refractivity contribution is 0.289. The Morgan fingerprint density at radius 1 is 1.56 bits per heavy atom. The SMILES string of the molecule is CNCc1cnc(SC(C)CCO)c(C)c1. The van der Waals surface area contributed by atoms with Crippen molar-refractivity contribution in [2.24, 2.45) is 0 Å². The first kappa shape index (κ1) is 13.5. The number of thioether (sulfide) groups is 1. The average Bonchev–Trinajstić information content (AvgIpc) is 2.23. The van der Waals surface area contributed by atoms with Gasteiger partial charge in [0.05, 0.1) is 5.03 Å². The number of aromatic nitrogens is 1. The predicted octanol–water partition coefficient (Wildman–Crippen LogP) is 1.97. The lowest BCUT2D eigenvalue weighted by atomic mass is 10.2. The number of aliphatic hydroxyl groups excluding tert-OH is 1. The van der Waals surface area contributed by atoms with Crippen LogP contribution in [0.3, 0.4) is 0 Å². The summed E-state index contributed by atoms with van der Waals surface area (Å²) in [5, 5.41) is 13.4. The van der Waals surface area contributed by atoms with Gasteiger partial charge in [-0.05, 0) is 31.5 Å². The lowest BCUT2D eigenvalue weighted by Crippen LogP contribution is -2.06. The van der Waals surface area contributed by atoms with Crippen molar-refractivity contribution < 1.29 is 5.11 Å². The molecule has 16 heavy (non-hydrogen) atoms. The molecule has 4 heteroatoms. The van der Waals surface area contributed by atoms with Crippen LogP contribution in [-0.2, 0) is 6.54 Å². The fourth-order valence-corrected chi connectivity index (χ4v) is 2.44. The minimum absolute atomic E-state index is 0.241. The normalized spacial score (nSPS) is 12.8. The van der Waals surface area contributed by atoms with Crippen LogP contribution in [0.5, 0.6) is 0 Å². The zero-order valence-corrected chi connectivity index (χ0v) is 11.0. The summed E-state index contributed by atoms with van der Waals surface area (Å²) in [6.45, 7) is 5.29. The first-order chi connectivity index (χ1) is 7.67. The molecule has 0 aliphatic heterocycles. The molecule has 1 aromatic rings. The third-order valence-electron chi connectivity index (χ3n) is 2.32. The van der Waals surface area contributed by atoms with Crippen LogP contribution < -0.4 is 5.32 Å². The molecule has 1 heterocycles. The van der Waals surface area contributed by atoms with Crippen LogP contribution in [0.2, 0.25) is 0 Å². The van der Waals surface area contributed by atoms with E-state index in [-0.39, 0.29) is 6.61 Å². The third-order valence-corrected chi connectivity index (χ3v) is 3.60. The Labute approximate surface area is 102 Å². The molecular formula is C12H20N2OS. The van der Waals surface area contributed by atoms with Crippen molar-refractivity contribution in [2.45, 2.75) is 37.1 Å². The van der Waals surface area contributed by atoms with Crippen molar-refractivity contribution in [3.8, 4) is 0 Å². The van der Waals surface area contributed by atoms with Crippen molar-refractivity contribution in [3.05, 3.63) is 23.4 Å². The summed E-state index contributed by atoms with van der Waals surface area (Å²) in [5.74, 6) is 0. The van der Waals surface area contributed by atoms with Crippen LogP contribution in [-0.4, -0.2) is 29.0 Å². The largest absolute Gasteiger partial charge is 0.396 e. The maximum atomic E-state index is 8.86. The Kier molecular flexibility index (Phi) is 5.80. The van der Waals surface area contributed by atoms with Crippen LogP contribution in [0.1, 0.15) is 24.5 Å². The number of aryl methyl sites for hydroxylation is 1. The Morgan fingerprint density at radius 2 is 2.31 bits per heavy atom. The van der Waals surface area contributed by atoms with Crippen molar-refractivity contribution in [3.63, 3.8) is 0 Å². The molecule has 3 nitrogen and oxygen atoms in total. The van der Waals surface area contributed by atoms with E-state index in [4.69, 9.17) is 5.11 Å². The van der Waals surface area contributed by atoms with Gasteiger partial charge in [0.1, 0.15) is 0 Å². The third kappa shape index (κ3) is 4.12. The predicted molar refractivity (Wildman–Crippen MR) is 68.8 cm³/mol. The van der Waals surface area contributed by atoms with Gasteiger partial charge in [-0.2, -0.15) is 0 Å². The molecule has 0 amide bonds. The van der Waals surface area contributed by atoms with E-state index < -0.39 is 0 Å². The molecule has 0 bridgehead atoms. The molecule has 0 spiro atoms. The molecule has 0 saturated heterocycles. The summed E-state index contributed by atoms with van der Waals surface area (Å²) in [5.41, 5.74) is 2.42. The summed E-state index contributed by atoms with van der Waals surface area (Å²) in [6.07, 6.45) is 2.72. The van der Waals surface area contributed by atoms with Crippen molar-refractivity contribution in [1.29, 1.82) is 0 Å². The topological polar surface area (TPSA) is 45.2 Å². The highest BCUT2D eigenvalue weighted by Gasteiger charge is 2.08. The molecule has 1 aromatic heterocycles. The maximum absolute atomic E-state index is 8.86.